The molecule has 1 amide bonds. The Bertz CT molecular complexity index is 731. The van der Waals surface area contributed by atoms with E-state index in [2.05, 4.69) is 39.3 Å². The number of carbonyl (C=O) groups excluding carboxylic acids is 1. The Hall–Kier alpha value is -2.70. The lowest BCUT2D eigenvalue weighted by molar-refractivity contribution is -0.111. The molecule has 0 saturated heterocycles. The van der Waals surface area contributed by atoms with Gasteiger partial charge in [0.1, 0.15) is 5.75 Å². The molecule has 1 aromatic carbocycles. The fourth-order valence-electron chi connectivity index (χ4n) is 1.99. The van der Waals surface area contributed by atoms with Crippen molar-refractivity contribution in [2.24, 2.45) is 31.3 Å². The monoisotopic (exact) mass is 297 g/mol. The van der Waals surface area contributed by atoms with Crippen LogP contribution < -0.4 is 4.74 Å². The lowest BCUT2D eigenvalue weighted by atomic mass is 10.1. The zero-order valence-corrected chi connectivity index (χ0v) is 12.4. The Balaban J connectivity index is 1.87. The van der Waals surface area contributed by atoms with E-state index in [0.717, 1.165) is 6.42 Å². The average molecular weight is 297 g/mol. The summed E-state index contributed by atoms with van der Waals surface area (Å²) < 4.78 is 5.80. The summed E-state index contributed by atoms with van der Waals surface area (Å²) in [5, 5.41) is 10.8. The molecule has 0 fully saturated rings. The summed E-state index contributed by atoms with van der Waals surface area (Å²) in [7, 11) is 0. The summed E-state index contributed by atoms with van der Waals surface area (Å²) in [4.78, 5) is 20.1. The van der Waals surface area contributed by atoms with Gasteiger partial charge >= 0.3 is 5.91 Å². The van der Waals surface area contributed by atoms with Crippen LogP contribution in [0.3, 0.4) is 0 Å². The van der Waals surface area contributed by atoms with Gasteiger partial charge in [0.05, 0.1) is 12.2 Å². The first kappa shape index (κ1) is 14.2. The van der Waals surface area contributed by atoms with Crippen LogP contribution in [0.25, 0.3) is 0 Å². The summed E-state index contributed by atoms with van der Waals surface area (Å²) in [6.45, 7) is 4.87. The van der Waals surface area contributed by atoms with E-state index in [9.17, 15) is 4.79 Å². The van der Waals surface area contributed by atoms with Gasteiger partial charge in [-0.25, -0.2) is 4.99 Å². The minimum Gasteiger partial charge on any atom is -0.493 e. The molecule has 0 N–H and O–H groups in total. The molecule has 0 bridgehead atoms. The van der Waals surface area contributed by atoms with E-state index < -0.39 is 5.91 Å². The van der Waals surface area contributed by atoms with Gasteiger partial charge in [0, 0.05) is 0 Å². The largest absolute Gasteiger partial charge is 0.493 e. The van der Waals surface area contributed by atoms with Crippen LogP contribution >= 0.6 is 0 Å². The Morgan fingerprint density at radius 3 is 2.77 bits per heavy atom. The van der Waals surface area contributed by atoms with E-state index in [0.29, 0.717) is 23.8 Å². The van der Waals surface area contributed by atoms with Crippen LogP contribution in [-0.2, 0) is 4.79 Å². The van der Waals surface area contributed by atoms with Crippen molar-refractivity contribution in [1.82, 2.24) is 0 Å². The van der Waals surface area contributed by atoms with E-state index in [1.807, 2.05) is 24.3 Å². The van der Waals surface area contributed by atoms with Crippen LogP contribution in [0.15, 0.2) is 49.7 Å². The van der Waals surface area contributed by atoms with E-state index >= 15 is 0 Å². The smallest absolute Gasteiger partial charge is 0.303 e. The number of benzene rings is 1. The molecule has 112 valence electrons. The molecule has 0 saturated carbocycles. The molecular weight excluding hydrogens is 282 g/mol. The molecule has 0 spiro atoms. The fraction of sp³-hybridized carbons (Fsp3) is 0.333. The average Bonchev–Trinajstić information content (AvgIpc) is 2.96. The molecule has 22 heavy (non-hydrogen) atoms. The van der Waals surface area contributed by atoms with Gasteiger partial charge in [-0.3, -0.25) is 4.79 Å². The van der Waals surface area contributed by atoms with Gasteiger partial charge in [-0.05, 0) is 29.7 Å². The highest BCUT2D eigenvalue weighted by atomic mass is 16.5. The molecule has 0 radical (unpaired) electrons. The first-order valence-electron chi connectivity index (χ1n) is 7.08. The minimum absolute atomic E-state index is 0.0851. The third-order valence-electron chi connectivity index (χ3n) is 3.20. The van der Waals surface area contributed by atoms with E-state index in [1.165, 1.54) is 0 Å². The first-order chi connectivity index (χ1) is 10.6. The van der Waals surface area contributed by atoms with Crippen LogP contribution in [0.2, 0.25) is 0 Å². The van der Waals surface area contributed by atoms with Crippen LogP contribution in [0.4, 0.5) is 0 Å². The number of amidine groups is 2. The second-order valence-corrected chi connectivity index (χ2v) is 5.34. The second-order valence-electron chi connectivity index (χ2n) is 5.34. The normalized spacial score (nSPS) is 16.3. The Morgan fingerprint density at radius 1 is 1.14 bits per heavy atom. The molecule has 0 aliphatic carbocycles. The summed E-state index contributed by atoms with van der Waals surface area (Å²) in [5.41, 5.74) is 0.746. The SMILES string of the molecule is CC(C)CCOc1ccccc1C1=NC(=O)C2=NN=NC2=N1. The number of aliphatic imine (C=N–C) groups is 2. The maximum Gasteiger partial charge on any atom is 0.303 e. The van der Waals surface area contributed by atoms with Crippen molar-refractivity contribution in [3.63, 3.8) is 0 Å². The number of amides is 1. The molecule has 2 aliphatic heterocycles. The number of nitrogens with zero attached hydrogens (tertiary/aromatic N) is 5. The van der Waals surface area contributed by atoms with Gasteiger partial charge in [-0.1, -0.05) is 26.0 Å². The van der Waals surface area contributed by atoms with Gasteiger partial charge in [0.2, 0.25) is 11.5 Å². The van der Waals surface area contributed by atoms with Crippen molar-refractivity contribution in [3.8, 4) is 5.75 Å². The highest BCUT2D eigenvalue weighted by Crippen LogP contribution is 2.22. The number of para-hydroxylation sites is 1. The molecule has 2 heterocycles. The summed E-state index contributed by atoms with van der Waals surface area (Å²) in [6, 6.07) is 7.37. The quantitative estimate of drug-likeness (QED) is 0.836. The van der Waals surface area contributed by atoms with Crippen molar-refractivity contribution >= 4 is 23.3 Å². The lowest BCUT2D eigenvalue weighted by Gasteiger charge is -2.13. The van der Waals surface area contributed by atoms with Crippen molar-refractivity contribution in [2.75, 3.05) is 6.61 Å². The fourth-order valence-corrected chi connectivity index (χ4v) is 1.99. The molecule has 7 heteroatoms. The van der Waals surface area contributed by atoms with E-state index in [4.69, 9.17) is 4.74 Å². The zero-order valence-electron chi connectivity index (χ0n) is 12.4. The molecular formula is C15H15N5O2. The molecule has 0 atom stereocenters. The summed E-state index contributed by atoms with van der Waals surface area (Å²) in [5.74, 6) is 1.20. The molecule has 2 aliphatic rings. The van der Waals surface area contributed by atoms with Crippen molar-refractivity contribution in [3.05, 3.63) is 29.8 Å². The van der Waals surface area contributed by atoms with Crippen molar-refractivity contribution in [2.45, 2.75) is 20.3 Å². The lowest BCUT2D eigenvalue weighted by Crippen LogP contribution is -2.26. The predicted octanol–water partition coefficient (Wildman–Crippen LogP) is 2.62. The highest BCUT2D eigenvalue weighted by molar-refractivity contribution is 6.69. The van der Waals surface area contributed by atoms with Crippen LogP contribution in [0.1, 0.15) is 25.8 Å². The zero-order chi connectivity index (χ0) is 15.5. The number of ether oxygens (including phenoxy) is 1. The predicted molar refractivity (Wildman–Crippen MR) is 82.7 cm³/mol. The molecule has 7 nitrogen and oxygen atoms in total. The molecule has 1 aromatic rings. The minimum atomic E-state index is -0.484. The van der Waals surface area contributed by atoms with E-state index in [1.54, 1.807) is 0 Å². The number of carbonyl (C=O) groups is 1. The highest BCUT2D eigenvalue weighted by Gasteiger charge is 2.28. The maximum absolute atomic E-state index is 11.9. The summed E-state index contributed by atoms with van der Waals surface area (Å²) in [6.07, 6.45) is 0.944. The van der Waals surface area contributed by atoms with Crippen LogP contribution in [0.5, 0.6) is 5.75 Å². The third kappa shape index (κ3) is 2.83. The first-order valence-corrected chi connectivity index (χ1v) is 7.08. The number of hydrogen-bond acceptors (Lipinski definition) is 6. The van der Waals surface area contributed by atoms with Gasteiger partial charge in [-0.15, -0.1) is 10.2 Å². The number of fused-ring (bicyclic) bond motifs is 1. The Morgan fingerprint density at radius 2 is 1.95 bits per heavy atom. The standard InChI is InChI=1S/C15H15N5O2/c1-9(2)7-8-22-11-6-4-3-5-10(11)13-16-14-12(15(21)17-13)18-20-19-14/h3-6,9H,7-8H2,1-2H3. The van der Waals surface area contributed by atoms with Gasteiger partial charge in [0.25, 0.3) is 0 Å². The van der Waals surface area contributed by atoms with Crippen molar-refractivity contribution in [1.29, 1.82) is 0 Å². The number of rotatable bonds is 5. The number of hydrogen-bond donors (Lipinski definition) is 0. The van der Waals surface area contributed by atoms with Gasteiger partial charge < -0.3 is 4.74 Å². The Labute approximate surface area is 127 Å². The van der Waals surface area contributed by atoms with Crippen molar-refractivity contribution < 1.29 is 9.53 Å². The molecule has 0 aromatic heterocycles. The maximum atomic E-state index is 11.9. The Kier molecular flexibility index (Phi) is 3.86. The van der Waals surface area contributed by atoms with Crippen LogP contribution in [0, 0.1) is 5.92 Å². The molecule has 3 rings (SSSR count). The van der Waals surface area contributed by atoms with Crippen LogP contribution in [-0.4, -0.2) is 29.9 Å². The third-order valence-corrected chi connectivity index (χ3v) is 3.20. The second kappa shape index (κ2) is 5.97. The van der Waals surface area contributed by atoms with Gasteiger partial charge in [-0.2, -0.15) is 4.99 Å². The molecule has 0 unspecified atom stereocenters. The van der Waals surface area contributed by atoms with Gasteiger partial charge in [0.15, 0.2) is 5.84 Å². The van der Waals surface area contributed by atoms with E-state index in [-0.39, 0.29) is 17.4 Å². The summed E-state index contributed by atoms with van der Waals surface area (Å²) >= 11 is 0. The topological polar surface area (TPSA) is 88.1 Å².